The second-order valence-corrected chi connectivity index (χ2v) is 11.4. The summed E-state index contributed by atoms with van der Waals surface area (Å²) in [6.45, 7) is 0.375. The summed E-state index contributed by atoms with van der Waals surface area (Å²) in [4.78, 5) is 50.3. The molecule has 3 aliphatic heterocycles. The molecule has 2 aromatic heterocycles. The average Bonchev–Trinajstić information content (AvgIpc) is 3.37. The topological polar surface area (TPSA) is 135 Å². The number of nitrogens with one attached hydrogen (secondary N) is 3. The number of carbonyl (C=O) groups is 3. The third-order valence-electron chi connectivity index (χ3n) is 8.66. The summed E-state index contributed by atoms with van der Waals surface area (Å²) in [6.07, 6.45) is 4.15. The van der Waals surface area contributed by atoms with Crippen molar-refractivity contribution in [2.75, 3.05) is 50.2 Å². The molecule has 222 valence electrons. The van der Waals surface area contributed by atoms with Crippen LogP contribution >= 0.6 is 0 Å². The first kappa shape index (κ1) is 27.5. The van der Waals surface area contributed by atoms with Gasteiger partial charge in [-0.05, 0) is 53.8 Å². The van der Waals surface area contributed by atoms with Gasteiger partial charge in [-0.3, -0.25) is 19.7 Å². The second-order valence-electron chi connectivity index (χ2n) is 11.4. The fourth-order valence-electron chi connectivity index (χ4n) is 6.58. The Balaban J connectivity index is 1.13. The van der Waals surface area contributed by atoms with E-state index in [1.165, 1.54) is 4.90 Å². The number of hydrogen-bond acceptors (Lipinski definition) is 8. The van der Waals surface area contributed by atoms with E-state index in [0.717, 1.165) is 34.9 Å². The van der Waals surface area contributed by atoms with E-state index in [0.29, 0.717) is 31.9 Å². The molecule has 1 aromatic carbocycles. The molecule has 1 aliphatic carbocycles. The number of pyridine rings is 2. The number of rotatable bonds is 4. The molecule has 7 rings (SSSR count). The van der Waals surface area contributed by atoms with Crippen LogP contribution in [-0.2, 0) is 42.1 Å². The van der Waals surface area contributed by atoms with Gasteiger partial charge < -0.3 is 25.0 Å². The lowest BCUT2D eigenvalue weighted by Gasteiger charge is -2.45. The predicted octanol–water partition coefficient (Wildman–Crippen LogP) is 1.64. The lowest BCUT2D eigenvalue weighted by Crippen LogP contribution is -2.69. The van der Waals surface area contributed by atoms with Crippen LogP contribution < -0.4 is 16.0 Å². The van der Waals surface area contributed by atoms with Gasteiger partial charge in [0.05, 0.1) is 37.9 Å². The number of carbonyl (C=O) groups excluding carboxylic acids is 3. The zero-order valence-corrected chi connectivity index (χ0v) is 23.0. The van der Waals surface area contributed by atoms with Gasteiger partial charge in [0.25, 0.3) is 0 Å². The Hall–Kier alpha value is -4.33. The summed E-state index contributed by atoms with van der Waals surface area (Å²) in [5.74, 6) is -1.91. The molecule has 0 radical (unpaired) electrons. The van der Waals surface area contributed by atoms with Gasteiger partial charge >= 0.3 is 0 Å². The molecule has 43 heavy (non-hydrogen) atoms. The van der Waals surface area contributed by atoms with Gasteiger partial charge in [-0.15, -0.1) is 0 Å². The Morgan fingerprint density at radius 1 is 1.05 bits per heavy atom. The highest BCUT2D eigenvalue weighted by atomic mass is 19.1. The van der Waals surface area contributed by atoms with Crippen molar-refractivity contribution in [3.63, 3.8) is 0 Å². The summed E-state index contributed by atoms with van der Waals surface area (Å²) in [6, 6.07) is 7.64. The zero-order valence-electron chi connectivity index (χ0n) is 23.0. The molecule has 2 unspecified atom stereocenters. The number of hydrogen-bond donors (Lipinski definition) is 3. The maximum atomic E-state index is 14.2. The largest absolute Gasteiger partial charge is 0.376 e. The Labute approximate surface area is 245 Å². The van der Waals surface area contributed by atoms with E-state index in [9.17, 15) is 23.2 Å². The highest BCUT2D eigenvalue weighted by molar-refractivity contribution is 6.06. The molecular formula is C30H28F2N6O5. The van der Waals surface area contributed by atoms with Crippen molar-refractivity contribution < 1.29 is 32.6 Å². The molecule has 0 bridgehead atoms. The van der Waals surface area contributed by atoms with E-state index in [1.807, 2.05) is 6.07 Å². The number of piperazine rings is 1. The molecule has 3 aromatic rings. The van der Waals surface area contributed by atoms with Crippen molar-refractivity contribution in [2.45, 2.75) is 29.8 Å². The van der Waals surface area contributed by atoms with Gasteiger partial charge in [0, 0.05) is 30.6 Å². The summed E-state index contributed by atoms with van der Waals surface area (Å²) >= 11 is 0. The first-order valence-electron chi connectivity index (χ1n) is 14.0. The van der Waals surface area contributed by atoms with Crippen molar-refractivity contribution in [3.8, 4) is 0 Å². The van der Waals surface area contributed by atoms with Crippen LogP contribution in [0.2, 0.25) is 0 Å². The van der Waals surface area contributed by atoms with E-state index >= 15 is 0 Å². The second kappa shape index (κ2) is 10.4. The quantitative estimate of drug-likeness (QED) is 0.418. The fourth-order valence-corrected chi connectivity index (χ4v) is 6.58. The molecule has 3 amide bonds. The molecule has 5 heterocycles. The van der Waals surface area contributed by atoms with E-state index in [-0.39, 0.29) is 37.0 Å². The van der Waals surface area contributed by atoms with Crippen LogP contribution in [-0.4, -0.2) is 77.6 Å². The standard InChI is InChI=1S/C30H28F2N6O5/c31-20-6-17(7-21(32)9-20)23-13-35-30(15-42-4-5-43-16-30)28(41)38(23)14-25(39)36-24-8-18-10-29(11-19(18)12-34-24)22-2-1-3-33-26(22)37-27(29)40/h1-3,6-9,12,23,35H,4-5,10-11,13-16H2,(H,33,37,40)(H,34,36,39). The molecule has 2 fully saturated rings. The van der Waals surface area contributed by atoms with Gasteiger partial charge in [0.2, 0.25) is 17.7 Å². The molecule has 13 heteroatoms. The van der Waals surface area contributed by atoms with E-state index in [4.69, 9.17) is 9.47 Å². The normalized spacial score (nSPS) is 24.0. The maximum Gasteiger partial charge on any atom is 0.248 e. The summed E-state index contributed by atoms with van der Waals surface area (Å²) < 4.78 is 39.5. The Morgan fingerprint density at radius 3 is 2.56 bits per heavy atom. The maximum absolute atomic E-state index is 14.2. The van der Waals surface area contributed by atoms with Crippen LogP contribution in [0.3, 0.4) is 0 Å². The molecule has 2 spiro atoms. The lowest BCUT2D eigenvalue weighted by atomic mass is 9.79. The highest BCUT2D eigenvalue weighted by Crippen LogP contribution is 2.46. The smallest absolute Gasteiger partial charge is 0.248 e. The molecule has 0 saturated carbocycles. The summed E-state index contributed by atoms with van der Waals surface area (Å²) in [5, 5.41) is 8.79. The number of anilines is 2. The Kier molecular flexibility index (Phi) is 6.67. The van der Waals surface area contributed by atoms with Crippen LogP contribution in [0.4, 0.5) is 20.4 Å². The van der Waals surface area contributed by atoms with Crippen LogP contribution in [0.1, 0.15) is 28.3 Å². The molecule has 2 saturated heterocycles. The number of fused-ring (bicyclic) bond motifs is 3. The van der Waals surface area contributed by atoms with Gasteiger partial charge in [0.15, 0.2) is 0 Å². The van der Waals surface area contributed by atoms with E-state index in [1.54, 1.807) is 24.5 Å². The molecule has 4 aliphatic rings. The molecule has 11 nitrogen and oxygen atoms in total. The Morgan fingerprint density at radius 2 is 1.79 bits per heavy atom. The lowest BCUT2D eigenvalue weighted by molar-refractivity contribution is -0.151. The number of amides is 3. The number of halogens is 2. The van der Waals surface area contributed by atoms with E-state index in [2.05, 4.69) is 25.9 Å². The van der Waals surface area contributed by atoms with Crippen LogP contribution in [0.25, 0.3) is 0 Å². The molecule has 2 atom stereocenters. The SMILES string of the molecule is O=C(CN1C(=O)C2(COCCOC2)NCC1c1cc(F)cc(F)c1)Nc1cc2c(cn1)CC1(C2)C(=O)Nc2ncccc21. The fraction of sp³-hybridized carbons (Fsp3) is 0.367. The van der Waals surface area contributed by atoms with Crippen LogP contribution in [0.15, 0.2) is 48.8 Å². The first-order chi connectivity index (χ1) is 20.8. The average molecular weight is 591 g/mol. The van der Waals surface area contributed by atoms with Crippen molar-refractivity contribution in [3.05, 3.63) is 82.7 Å². The molecular weight excluding hydrogens is 562 g/mol. The third-order valence-corrected chi connectivity index (χ3v) is 8.66. The van der Waals surface area contributed by atoms with Gasteiger partial charge in [0.1, 0.15) is 35.4 Å². The Bertz CT molecular complexity index is 1620. The third kappa shape index (κ3) is 4.73. The van der Waals surface area contributed by atoms with Crippen LogP contribution in [0.5, 0.6) is 0 Å². The number of nitrogens with zero attached hydrogens (tertiary/aromatic N) is 3. The zero-order chi connectivity index (χ0) is 29.8. The minimum Gasteiger partial charge on any atom is -0.376 e. The van der Waals surface area contributed by atoms with Crippen molar-refractivity contribution in [2.24, 2.45) is 0 Å². The first-order valence-corrected chi connectivity index (χ1v) is 14.0. The summed E-state index contributed by atoms with van der Waals surface area (Å²) in [5.41, 5.74) is 0.780. The van der Waals surface area contributed by atoms with Crippen molar-refractivity contribution >= 4 is 29.4 Å². The molecule has 3 N–H and O–H groups in total. The number of aromatic nitrogens is 2. The van der Waals surface area contributed by atoms with Gasteiger partial charge in [-0.25, -0.2) is 18.7 Å². The minimum absolute atomic E-state index is 0.0224. The monoisotopic (exact) mass is 590 g/mol. The van der Waals surface area contributed by atoms with E-state index < -0.39 is 47.0 Å². The minimum atomic E-state index is -1.24. The van der Waals surface area contributed by atoms with Crippen molar-refractivity contribution in [1.82, 2.24) is 20.2 Å². The van der Waals surface area contributed by atoms with Crippen molar-refractivity contribution in [1.29, 1.82) is 0 Å². The predicted molar refractivity (Wildman–Crippen MR) is 148 cm³/mol. The highest BCUT2D eigenvalue weighted by Gasteiger charge is 2.52. The number of benzene rings is 1. The number of ether oxygens (including phenoxy) is 2. The summed E-state index contributed by atoms with van der Waals surface area (Å²) in [7, 11) is 0. The van der Waals surface area contributed by atoms with Gasteiger partial charge in [-0.2, -0.15) is 0 Å². The van der Waals surface area contributed by atoms with Gasteiger partial charge in [-0.1, -0.05) is 6.07 Å². The van der Waals surface area contributed by atoms with Crippen LogP contribution in [0, 0.1) is 11.6 Å².